The SMILES string of the molecule is N#Cc1cc(C(F)(F)F)ccc1NC(=O)COCCN. The van der Waals surface area contributed by atoms with Crippen molar-refractivity contribution in [3.8, 4) is 6.07 Å². The summed E-state index contributed by atoms with van der Waals surface area (Å²) in [6.07, 6.45) is -4.54. The number of alkyl halides is 3. The summed E-state index contributed by atoms with van der Waals surface area (Å²) < 4.78 is 42.3. The van der Waals surface area contributed by atoms with E-state index >= 15 is 0 Å². The van der Waals surface area contributed by atoms with E-state index in [-0.39, 0.29) is 31.0 Å². The molecule has 0 aliphatic carbocycles. The highest BCUT2D eigenvalue weighted by Gasteiger charge is 2.31. The van der Waals surface area contributed by atoms with Crippen molar-refractivity contribution < 1.29 is 22.7 Å². The van der Waals surface area contributed by atoms with Gasteiger partial charge in [0.2, 0.25) is 5.91 Å². The van der Waals surface area contributed by atoms with Crippen molar-refractivity contribution in [1.29, 1.82) is 5.26 Å². The Kier molecular flexibility index (Phi) is 5.49. The fourth-order valence-electron chi connectivity index (χ4n) is 1.36. The minimum absolute atomic E-state index is 0.00171. The number of rotatable bonds is 5. The van der Waals surface area contributed by atoms with Crippen molar-refractivity contribution >= 4 is 11.6 Å². The summed E-state index contributed by atoms with van der Waals surface area (Å²) in [6.45, 7) is 0.144. The highest BCUT2D eigenvalue weighted by Crippen LogP contribution is 2.31. The Morgan fingerprint density at radius 3 is 2.70 bits per heavy atom. The molecule has 0 spiro atoms. The number of nitrogens with two attached hydrogens (primary N) is 1. The molecule has 108 valence electrons. The van der Waals surface area contributed by atoms with Crippen molar-refractivity contribution in [2.45, 2.75) is 6.18 Å². The number of carbonyl (C=O) groups is 1. The largest absolute Gasteiger partial charge is 0.416 e. The van der Waals surface area contributed by atoms with Gasteiger partial charge in [0.25, 0.3) is 0 Å². The Balaban J connectivity index is 2.81. The van der Waals surface area contributed by atoms with Crippen LogP contribution in [0.2, 0.25) is 0 Å². The first-order valence-electron chi connectivity index (χ1n) is 5.57. The van der Waals surface area contributed by atoms with Crippen LogP contribution >= 0.6 is 0 Å². The lowest BCUT2D eigenvalue weighted by Gasteiger charge is -2.11. The van der Waals surface area contributed by atoms with Gasteiger partial charge in [0.15, 0.2) is 0 Å². The Morgan fingerprint density at radius 2 is 2.15 bits per heavy atom. The average Bonchev–Trinajstić information content (AvgIpc) is 2.38. The summed E-state index contributed by atoms with van der Waals surface area (Å²) in [5, 5.41) is 11.1. The topological polar surface area (TPSA) is 88.1 Å². The van der Waals surface area contributed by atoms with Gasteiger partial charge in [-0.1, -0.05) is 0 Å². The number of anilines is 1. The van der Waals surface area contributed by atoms with Crippen LogP contribution in [0.5, 0.6) is 0 Å². The molecule has 5 nitrogen and oxygen atoms in total. The second-order valence-electron chi connectivity index (χ2n) is 3.76. The first-order valence-corrected chi connectivity index (χ1v) is 5.57. The molecule has 0 fully saturated rings. The summed E-state index contributed by atoms with van der Waals surface area (Å²) in [6, 6.07) is 4.10. The number of carbonyl (C=O) groups excluding carboxylic acids is 1. The lowest BCUT2D eigenvalue weighted by atomic mass is 10.1. The number of nitriles is 1. The number of hydrogen-bond donors (Lipinski definition) is 2. The van der Waals surface area contributed by atoms with Crippen LogP contribution < -0.4 is 11.1 Å². The summed E-state index contributed by atoms with van der Waals surface area (Å²) in [5.74, 6) is -0.574. The molecule has 20 heavy (non-hydrogen) atoms. The van der Waals surface area contributed by atoms with Gasteiger partial charge < -0.3 is 15.8 Å². The van der Waals surface area contributed by atoms with Crippen LogP contribution in [0, 0.1) is 11.3 Å². The third kappa shape index (κ3) is 4.53. The maximum absolute atomic E-state index is 12.5. The lowest BCUT2D eigenvalue weighted by molar-refractivity contribution is -0.137. The van der Waals surface area contributed by atoms with Gasteiger partial charge in [0, 0.05) is 6.54 Å². The normalized spacial score (nSPS) is 10.9. The van der Waals surface area contributed by atoms with E-state index in [2.05, 4.69) is 5.32 Å². The van der Waals surface area contributed by atoms with Crippen molar-refractivity contribution in [2.24, 2.45) is 5.73 Å². The third-order valence-corrected chi connectivity index (χ3v) is 2.24. The number of benzene rings is 1. The van der Waals surface area contributed by atoms with E-state index in [4.69, 9.17) is 15.7 Å². The molecule has 0 aliphatic heterocycles. The third-order valence-electron chi connectivity index (χ3n) is 2.24. The van der Waals surface area contributed by atoms with Crippen LogP contribution in [0.15, 0.2) is 18.2 Å². The van der Waals surface area contributed by atoms with E-state index < -0.39 is 17.6 Å². The zero-order chi connectivity index (χ0) is 15.2. The van der Waals surface area contributed by atoms with Crippen LogP contribution in [-0.2, 0) is 15.7 Å². The highest BCUT2D eigenvalue weighted by molar-refractivity contribution is 5.93. The predicted octanol–water partition coefficient (Wildman–Crippen LogP) is 1.49. The van der Waals surface area contributed by atoms with Gasteiger partial charge in [0.1, 0.15) is 12.7 Å². The van der Waals surface area contributed by atoms with Crippen LogP contribution in [0.3, 0.4) is 0 Å². The molecular formula is C12H12F3N3O2. The van der Waals surface area contributed by atoms with E-state index in [9.17, 15) is 18.0 Å². The van der Waals surface area contributed by atoms with Gasteiger partial charge >= 0.3 is 6.18 Å². The molecule has 1 aromatic rings. The summed E-state index contributed by atoms with van der Waals surface area (Å²) >= 11 is 0. The first-order chi connectivity index (χ1) is 9.38. The van der Waals surface area contributed by atoms with E-state index in [0.717, 1.165) is 12.1 Å². The van der Waals surface area contributed by atoms with E-state index in [1.807, 2.05) is 0 Å². The number of nitrogens with zero attached hydrogens (tertiary/aromatic N) is 1. The van der Waals surface area contributed by atoms with E-state index in [0.29, 0.717) is 6.07 Å². The van der Waals surface area contributed by atoms with Crippen LogP contribution in [0.1, 0.15) is 11.1 Å². The van der Waals surface area contributed by atoms with Gasteiger partial charge in [-0.2, -0.15) is 18.4 Å². The van der Waals surface area contributed by atoms with E-state index in [1.54, 1.807) is 6.07 Å². The Bertz CT molecular complexity index is 524. The number of ether oxygens (including phenoxy) is 1. The van der Waals surface area contributed by atoms with Gasteiger partial charge in [-0.3, -0.25) is 4.79 Å². The molecule has 0 radical (unpaired) electrons. The zero-order valence-electron chi connectivity index (χ0n) is 10.3. The Hall–Kier alpha value is -2.11. The van der Waals surface area contributed by atoms with Gasteiger partial charge in [-0.05, 0) is 18.2 Å². The van der Waals surface area contributed by atoms with Gasteiger partial charge in [-0.15, -0.1) is 0 Å². The molecule has 1 rings (SSSR count). The molecule has 1 amide bonds. The molecular weight excluding hydrogens is 275 g/mol. The lowest BCUT2D eigenvalue weighted by Crippen LogP contribution is -2.21. The summed E-state index contributed by atoms with van der Waals surface area (Å²) in [7, 11) is 0. The van der Waals surface area contributed by atoms with Crippen molar-refractivity contribution in [1.82, 2.24) is 0 Å². The molecule has 0 heterocycles. The molecule has 0 unspecified atom stereocenters. The van der Waals surface area contributed by atoms with E-state index in [1.165, 1.54) is 0 Å². The Labute approximate surface area is 113 Å². The number of halogens is 3. The first kappa shape index (κ1) is 15.9. The van der Waals surface area contributed by atoms with Crippen molar-refractivity contribution in [3.05, 3.63) is 29.3 Å². The highest BCUT2D eigenvalue weighted by atomic mass is 19.4. The molecule has 0 aliphatic rings. The average molecular weight is 287 g/mol. The summed E-state index contributed by atoms with van der Waals surface area (Å²) in [4.78, 5) is 11.4. The Morgan fingerprint density at radius 1 is 1.45 bits per heavy atom. The van der Waals surface area contributed by atoms with Crippen molar-refractivity contribution in [2.75, 3.05) is 25.1 Å². The number of nitrogens with one attached hydrogen (secondary N) is 1. The number of amides is 1. The van der Waals surface area contributed by atoms with Crippen molar-refractivity contribution in [3.63, 3.8) is 0 Å². The fourth-order valence-corrected chi connectivity index (χ4v) is 1.36. The quantitative estimate of drug-likeness (QED) is 0.803. The molecule has 0 saturated heterocycles. The van der Waals surface area contributed by atoms with Gasteiger partial charge in [0.05, 0.1) is 23.4 Å². The second kappa shape index (κ2) is 6.88. The molecule has 0 atom stereocenters. The monoisotopic (exact) mass is 287 g/mol. The zero-order valence-corrected chi connectivity index (χ0v) is 10.3. The molecule has 1 aromatic carbocycles. The fraction of sp³-hybridized carbons (Fsp3) is 0.333. The van der Waals surface area contributed by atoms with Gasteiger partial charge in [-0.25, -0.2) is 0 Å². The predicted molar refractivity (Wildman–Crippen MR) is 64.7 cm³/mol. The van der Waals surface area contributed by atoms with Crippen LogP contribution in [0.4, 0.5) is 18.9 Å². The second-order valence-corrected chi connectivity index (χ2v) is 3.76. The van der Waals surface area contributed by atoms with Crippen LogP contribution in [0.25, 0.3) is 0 Å². The summed E-state index contributed by atoms with van der Waals surface area (Å²) in [5.41, 5.74) is 3.94. The molecule has 3 N–H and O–H groups in total. The molecule has 0 aromatic heterocycles. The minimum atomic E-state index is -4.54. The smallest absolute Gasteiger partial charge is 0.370 e. The maximum Gasteiger partial charge on any atom is 0.416 e. The maximum atomic E-state index is 12.5. The number of hydrogen-bond acceptors (Lipinski definition) is 4. The molecule has 0 saturated carbocycles. The van der Waals surface area contributed by atoms with Crippen LogP contribution in [-0.4, -0.2) is 25.7 Å². The standard InChI is InChI=1S/C12H12F3N3O2/c13-12(14,15)9-1-2-10(8(5-9)6-17)18-11(19)7-20-4-3-16/h1-2,5H,3-4,7,16H2,(H,18,19). The molecule has 0 bridgehead atoms. The molecule has 8 heteroatoms. The minimum Gasteiger partial charge on any atom is -0.370 e.